The van der Waals surface area contributed by atoms with Crippen molar-refractivity contribution in [1.82, 2.24) is 5.32 Å². The molecule has 1 aliphatic heterocycles. The molecule has 0 bridgehead atoms. The summed E-state index contributed by atoms with van der Waals surface area (Å²) < 4.78 is 1.62. The number of hydrogen-bond acceptors (Lipinski definition) is 5. The van der Waals surface area contributed by atoms with Crippen LogP contribution < -0.4 is 5.32 Å². The van der Waals surface area contributed by atoms with Gasteiger partial charge in [-0.1, -0.05) is 12.1 Å². The highest BCUT2D eigenvalue weighted by molar-refractivity contribution is 9.11. The average molecular weight is 717 g/mol. The van der Waals surface area contributed by atoms with E-state index < -0.39 is 12.0 Å². The first-order valence-corrected chi connectivity index (χ1v) is 12.8. The fourth-order valence-corrected chi connectivity index (χ4v) is 5.54. The molecule has 1 aliphatic rings. The molecule has 4 rings (SSSR count). The molecule has 0 aromatic heterocycles. The molecule has 1 heterocycles. The van der Waals surface area contributed by atoms with E-state index in [9.17, 15) is 25.2 Å². The van der Waals surface area contributed by atoms with E-state index in [1.165, 1.54) is 24.3 Å². The van der Waals surface area contributed by atoms with Crippen molar-refractivity contribution in [1.29, 1.82) is 0 Å². The fourth-order valence-electron chi connectivity index (χ4n) is 3.54. The second kappa shape index (κ2) is 9.87. The maximum absolute atomic E-state index is 13.1. The molecule has 3 aromatic rings. The van der Waals surface area contributed by atoms with Gasteiger partial charge in [-0.05, 0) is 123 Å². The summed E-state index contributed by atoms with van der Waals surface area (Å²) in [5.41, 5.74) is 2.64. The topological polar surface area (TPSA) is 110 Å². The largest absolute Gasteiger partial charge is 0.507 e. The Kier molecular flexibility index (Phi) is 7.25. The third-order valence-corrected chi connectivity index (χ3v) is 7.66. The van der Waals surface area contributed by atoms with Crippen LogP contribution in [0.5, 0.6) is 17.2 Å². The summed E-state index contributed by atoms with van der Waals surface area (Å²) in [6.07, 6.45) is 0.397. The van der Waals surface area contributed by atoms with Crippen LogP contribution in [-0.2, 0) is 4.79 Å². The zero-order valence-corrected chi connectivity index (χ0v) is 23.3. The fraction of sp³-hybridized carbons (Fsp3) is 0.0417. The molecular weight excluding hydrogens is 702 g/mol. The number of aromatic hydroxyl groups is 3. The smallest absolute Gasteiger partial charge is 0.255 e. The molecule has 0 aliphatic carbocycles. The van der Waals surface area contributed by atoms with Crippen LogP contribution in [0.15, 0.2) is 77.7 Å². The molecule has 1 unspecified atom stereocenters. The minimum atomic E-state index is -1.33. The Morgan fingerprint density at radius 2 is 1.38 bits per heavy atom. The lowest BCUT2D eigenvalue weighted by Gasteiger charge is -2.15. The number of halogens is 4. The number of carbonyl (C=O) groups is 1. The van der Waals surface area contributed by atoms with Crippen LogP contribution in [0, 0.1) is 0 Å². The first kappa shape index (κ1) is 25.0. The number of allylic oxidation sites excluding steroid dienone is 1. The van der Waals surface area contributed by atoms with Crippen molar-refractivity contribution in [3.63, 3.8) is 0 Å². The molecule has 0 radical (unpaired) electrons. The van der Waals surface area contributed by atoms with Gasteiger partial charge in [0, 0.05) is 5.57 Å². The number of rotatable bonds is 4. The molecule has 0 spiro atoms. The lowest BCUT2D eigenvalue weighted by molar-refractivity contribution is -0.117. The van der Waals surface area contributed by atoms with Crippen LogP contribution in [0.1, 0.15) is 22.8 Å². The van der Waals surface area contributed by atoms with Gasteiger partial charge in [-0.15, -0.1) is 0 Å². The molecule has 3 aromatic carbocycles. The van der Waals surface area contributed by atoms with Crippen molar-refractivity contribution in [2.24, 2.45) is 0 Å². The van der Waals surface area contributed by atoms with E-state index in [-0.39, 0.29) is 22.8 Å². The molecule has 1 amide bonds. The summed E-state index contributed by atoms with van der Waals surface area (Å²) in [6, 6.07) is 12.8. The van der Waals surface area contributed by atoms with E-state index in [1.54, 1.807) is 30.3 Å². The van der Waals surface area contributed by atoms with Gasteiger partial charge in [-0.2, -0.15) is 0 Å². The van der Waals surface area contributed by atoms with Gasteiger partial charge >= 0.3 is 0 Å². The van der Waals surface area contributed by atoms with Gasteiger partial charge in [0.2, 0.25) is 0 Å². The van der Waals surface area contributed by atoms with Gasteiger partial charge < -0.3 is 25.7 Å². The zero-order valence-electron chi connectivity index (χ0n) is 17.0. The molecule has 0 saturated heterocycles. The summed E-state index contributed by atoms with van der Waals surface area (Å²) in [4.78, 5) is 13.1. The predicted molar refractivity (Wildman–Crippen MR) is 143 cm³/mol. The first-order valence-electron chi connectivity index (χ1n) is 9.67. The second-order valence-electron chi connectivity index (χ2n) is 7.41. The number of carbonyl (C=O) groups excluding carboxylic acids is 1. The van der Waals surface area contributed by atoms with E-state index in [4.69, 9.17) is 0 Å². The quantitative estimate of drug-likeness (QED) is 0.212. The van der Waals surface area contributed by atoms with Gasteiger partial charge in [-0.25, -0.2) is 0 Å². The molecule has 6 nitrogen and oxygen atoms in total. The summed E-state index contributed by atoms with van der Waals surface area (Å²) in [6.45, 7) is 0. The number of hydrogen-bond donors (Lipinski definition) is 5. The Bertz CT molecular complexity index is 1380. The number of aliphatic hydroxyl groups excluding tert-OH is 1. The summed E-state index contributed by atoms with van der Waals surface area (Å²) in [7, 11) is 0. The molecule has 10 heteroatoms. The summed E-state index contributed by atoms with van der Waals surface area (Å²) in [5, 5.41) is 43.9. The molecule has 0 saturated carbocycles. The molecule has 5 N–H and O–H groups in total. The number of nitrogens with one attached hydrogen (secondary N) is 1. The number of aliphatic hydroxyl groups is 1. The normalized spacial score (nSPS) is 15.7. The molecule has 174 valence electrons. The van der Waals surface area contributed by atoms with Gasteiger partial charge in [0.15, 0.2) is 0 Å². The number of benzene rings is 3. The van der Waals surface area contributed by atoms with E-state index in [1.807, 2.05) is 0 Å². The molecular formula is C24H15Br4NO5. The Hall–Kier alpha value is -2.11. The van der Waals surface area contributed by atoms with Gasteiger partial charge in [0.05, 0.1) is 29.2 Å². The lowest BCUT2D eigenvalue weighted by atomic mass is 9.92. The number of phenols is 3. The highest BCUT2D eigenvalue weighted by Gasteiger charge is 2.34. The van der Waals surface area contributed by atoms with Crippen LogP contribution in [0.25, 0.3) is 11.6 Å². The molecule has 34 heavy (non-hydrogen) atoms. The number of phenolic OH excluding ortho intramolecular Hbond substituents is 3. The lowest BCUT2D eigenvalue weighted by Crippen LogP contribution is -2.19. The highest BCUT2D eigenvalue weighted by Crippen LogP contribution is 2.42. The van der Waals surface area contributed by atoms with Gasteiger partial charge in [0.25, 0.3) is 5.91 Å². The SMILES string of the molecule is O=C1N/C(=C\c2ccc(O)c(Br)c2)C(c2ccc(O)c(Br)c2)=C1C(O)c1cc(Br)c(O)c(Br)c1. The first-order chi connectivity index (χ1) is 16.1. The minimum Gasteiger partial charge on any atom is -0.507 e. The van der Waals surface area contributed by atoms with Crippen molar-refractivity contribution in [3.05, 3.63) is 94.4 Å². The van der Waals surface area contributed by atoms with Crippen molar-refractivity contribution in [3.8, 4) is 17.2 Å². The van der Waals surface area contributed by atoms with Crippen molar-refractivity contribution in [2.45, 2.75) is 6.10 Å². The monoisotopic (exact) mass is 713 g/mol. The van der Waals surface area contributed by atoms with Crippen LogP contribution >= 0.6 is 63.7 Å². The van der Waals surface area contributed by atoms with Crippen LogP contribution in [-0.4, -0.2) is 26.3 Å². The van der Waals surface area contributed by atoms with Gasteiger partial charge in [0.1, 0.15) is 23.4 Å². The standard InChI is InChI=1S/C24H15Br4NO5/c25-13-5-10(1-3-18(13)30)6-17-20(11-2-4-19(31)14(26)7-11)21(24(34)29-17)22(32)12-8-15(27)23(33)16(28)9-12/h1-9,22,30-33H,(H,29,34)/b17-6-. The third kappa shape index (κ3) is 4.83. The minimum absolute atomic E-state index is 0.0259. The maximum atomic E-state index is 13.1. The Morgan fingerprint density at radius 3 is 1.97 bits per heavy atom. The number of amides is 1. The van der Waals surface area contributed by atoms with E-state index >= 15 is 0 Å². The van der Waals surface area contributed by atoms with Crippen molar-refractivity contribution in [2.75, 3.05) is 0 Å². The van der Waals surface area contributed by atoms with Crippen LogP contribution in [0.2, 0.25) is 0 Å². The maximum Gasteiger partial charge on any atom is 0.255 e. The Labute approximate surface area is 228 Å². The zero-order chi connectivity index (χ0) is 24.7. The predicted octanol–water partition coefficient (Wildman–Crippen LogP) is 6.51. The van der Waals surface area contributed by atoms with E-state index in [0.717, 1.165) is 0 Å². The summed E-state index contributed by atoms with van der Waals surface area (Å²) >= 11 is 13.1. The van der Waals surface area contributed by atoms with Crippen molar-refractivity contribution < 1.29 is 25.2 Å². The van der Waals surface area contributed by atoms with E-state index in [0.29, 0.717) is 45.9 Å². The molecule has 0 fully saturated rings. The van der Waals surface area contributed by atoms with Crippen LogP contribution in [0.4, 0.5) is 0 Å². The average Bonchev–Trinajstić information content (AvgIpc) is 3.11. The van der Waals surface area contributed by atoms with Gasteiger partial charge in [-0.3, -0.25) is 4.79 Å². The summed E-state index contributed by atoms with van der Waals surface area (Å²) in [5.74, 6) is -0.406. The Balaban J connectivity index is 1.93. The third-order valence-electron chi connectivity index (χ3n) is 5.18. The van der Waals surface area contributed by atoms with E-state index in [2.05, 4.69) is 69.0 Å². The van der Waals surface area contributed by atoms with Crippen LogP contribution in [0.3, 0.4) is 0 Å². The highest BCUT2D eigenvalue weighted by atomic mass is 79.9. The second-order valence-corrected chi connectivity index (χ2v) is 10.8. The van der Waals surface area contributed by atoms with Crippen molar-refractivity contribution >= 4 is 81.3 Å². The molecule has 1 atom stereocenters. The Morgan fingerprint density at radius 1 is 0.794 bits per heavy atom.